The summed E-state index contributed by atoms with van der Waals surface area (Å²) < 4.78 is 5.79. The van der Waals surface area contributed by atoms with Gasteiger partial charge in [0.2, 0.25) is 18.1 Å². The summed E-state index contributed by atoms with van der Waals surface area (Å²) in [4.78, 5) is 40.7. The van der Waals surface area contributed by atoms with Crippen LogP contribution in [0.5, 0.6) is 0 Å². The Morgan fingerprint density at radius 1 is 1.06 bits per heavy atom. The molecule has 4 rings (SSSR count). The predicted molar refractivity (Wildman–Crippen MR) is 117 cm³/mol. The zero-order chi connectivity index (χ0) is 21.8. The van der Waals surface area contributed by atoms with Crippen LogP contribution in [0.25, 0.3) is 11.0 Å². The van der Waals surface area contributed by atoms with Crippen molar-refractivity contribution in [3.05, 3.63) is 53.9 Å². The van der Waals surface area contributed by atoms with Crippen LogP contribution < -0.4 is 16.0 Å². The molecule has 1 aliphatic carbocycles. The molecular weight excluding hydrogens is 396 g/mol. The van der Waals surface area contributed by atoms with E-state index >= 15 is 0 Å². The normalized spacial score (nSPS) is 18.4. The first-order valence-electron chi connectivity index (χ1n) is 10.3. The number of anilines is 2. The number of fused-ring (bicyclic) bond motifs is 1. The number of hydrogen-bond acceptors (Lipinski definition) is 5. The third kappa shape index (κ3) is 4.58. The summed E-state index contributed by atoms with van der Waals surface area (Å²) in [6.07, 6.45) is 5.19. The van der Waals surface area contributed by atoms with Gasteiger partial charge in [-0.25, -0.2) is 4.98 Å². The van der Waals surface area contributed by atoms with Crippen LogP contribution in [-0.2, 0) is 9.59 Å². The molecule has 160 valence electrons. The standard InChI is InChI=1S/C23H24N4O4/c1-14-6-11-19(24-12-14)26-23(30)21-20(17-4-2-3-5-18(17)31-21)27-22(29)15-7-9-16(10-8-15)25-13-28/h2-6,11-13,15-16H,7-10H2,1H3,(H,25,28)(H,27,29)(H,24,26,30)/t15-,16-. The van der Waals surface area contributed by atoms with Crippen LogP contribution in [0.3, 0.4) is 0 Å². The van der Waals surface area contributed by atoms with Gasteiger partial charge in [-0.3, -0.25) is 14.4 Å². The van der Waals surface area contributed by atoms with E-state index in [1.165, 1.54) is 0 Å². The summed E-state index contributed by atoms with van der Waals surface area (Å²) in [7, 11) is 0. The molecular formula is C23H24N4O4. The minimum absolute atomic E-state index is 0.0354. The quantitative estimate of drug-likeness (QED) is 0.527. The van der Waals surface area contributed by atoms with Gasteiger partial charge >= 0.3 is 0 Å². The lowest BCUT2D eigenvalue weighted by atomic mass is 9.85. The topological polar surface area (TPSA) is 113 Å². The van der Waals surface area contributed by atoms with Gasteiger partial charge < -0.3 is 20.4 Å². The second-order valence-electron chi connectivity index (χ2n) is 7.80. The minimum Gasteiger partial charge on any atom is -0.449 e. The summed E-state index contributed by atoms with van der Waals surface area (Å²) in [5, 5.41) is 9.08. The number of carbonyl (C=O) groups is 3. The Balaban J connectivity index is 1.55. The van der Waals surface area contributed by atoms with Crippen molar-refractivity contribution in [2.24, 2.45) is 5.92 Å². The third-order valence-corrected chi connectivity index (χ3v) is 5.60. The third-order valence-electron chi connectivity index (χ3n) is 5.60. The maximum Gasteiger partial charge on any atom is 0.294 e. The lowest BCUT2D eigenvalue weighted by molar-refractivity contribution is -0.120. The summed E-state index contributed by atoms with van der Waals surface area (Å²) in [5.41, 5.74) is 1.85. The maximum absolute atomic E-state index is 13.0. The van der Waals surface area contributed by atoms with Gasteiger partial charge in [-0.1, -0.05) is 18.2 Å². The van der Waals surface area contributed by atoms with Gasteiger partial charge in [0.1, 0.15) is 17.1 Å². The van der Waals surface area contributed by atoms with Crippen molar-refractivity contribution in [1.29, 1.82) is 0 Å². The first kappa shape index (κ1) is 20.6. The highest BCUT2D eigenvalue weighted by molar-refractivity contribution is 6.14. The monoisotopic (exact) mass is 420 g/mol. The molecule has 0 aliphatic heterocycles. The van der Waals surface area contributed by atoms with E-state index in [4.69, 9.17) is 4.42 Å². The van der Waals surface area contributed by atoms with E-state index in [-0.39, 0.29) is 23.6 Å². The average molecular weight is 420 g/mol. The molecule has 2 heterocycles. The molecule has 8 nitrogen and oxygen atoms in total. The number of para-hydroxylation sites is 1. The zero-order valence-corrected chi connectivity index (χ0v) is 17.2. The molecule has 8 heteroatoms. The predicted octanol–water partition coefficient (Wildman–Crippen LogP) is 3.63. The molecule has 3 amide bonds. The molecule has 0 bridgehead atoms. The van der Waals surface area contributed by atoms with Crippen LogP contribution >= 0.6 is 0 Å². The molecule has 0 unspecified atom stereocenters. The van der Waals surface area contributed by atoms with Crippen molar-refractivity contribution in [3.63, 3.8) is 0 Å². The fourth-order valence-electron chi connectivity index (χ4n) is 3.89. The highest BCUT2D eigenvalue weighted by Gasteiger charge is 2.29. The molecule has 1 saturated carbocycles. The van der Waals surface area contributed by atoms with Gasteiger partial charge in [0, 0.05) is 23.5 Å². The number of carbonyl (C=O) groups excluding carboxylic acids is 3. The highest BCUT2D eigenvalue weighted by atomic mass is 16.3. The maximum atomic E-state index is 13.0. The van der Waals surface area contributed by atoms with E-state index < -0.39 is 5.91 Å². The average Bonchev–Trinajstić information content (AvgIpc) is 3.15. The molecule has 3 aromatic rings. The van der Waals surface area contributed by atoms with E-state index in [0.717, 1.165) is 18.4 Å². The van der Waals surface area contributed by atoms with E-state index in [1.807, 2.05) is 25.1 Å². The molecule has 31 heavy (non-hydrogen) atoms. The van der Waals surface area contributed by atoms with E-state index in [2.05, 4.69) is 20.9 Å². The van der Waals surface area contributed by atoms with Crippen molar-refractivity contribution >= 4 is 40.7 Å². The molecule has 0 saturated heterocycles. The fourth-order valence-corrected chi connectivity index (χ4v) is 3.89. The number of rotatable bonds is 6. The second kappa shape index (κ2) is 8.99. The van der Waals surface area contributed by atoms with Crippen molar-refractivity contribution in [1.82, 2.24) is 10.3 Å². The van der Waals surface area contributed by atoms with Crippen molar-refractivity contribution in [2.45, 2.75) is 38.6 Å². The van der Waals surface area contributed by atoms with Crippen LogP contribution in [0.1, 0.15) is 41.8 Å². The lowest BCUT2D eigenvalue weighted by Crippen LogP contribution is -2.35. The summed E-state index contributed by atoms with van der Waals surface area (Å²) in [5.74, 6) is -0.393. The number of pyridine rings is 1. The fraction of sp³-hybridized carbons (Fsp3) is 0.304. The number of nitrogens with one attached hydrogen (secondary N) is 3. The van der Waals surface area contributed by atoms with Crippen molar-refractivity contribution < 1.29 is 18.8 Å². The Kier molecular flexibility index (Phi) is 5.97. The molecule has 0 radical (unpaired) electrons. The van der Waals surface area contributed by atoms with E-state index in [9.17, 15) is 14.4 Å². The number of furan rings is 1. The van der Waals surface area contributed by atoms with E-state index in [1.54, 1.807) is 24.4 Å². The smallest absolute Gasteiger partial charge is 0.294 e. The SMILES string of the molecule is Cc1ccc(NC(=O)c2oc3ccccc3c2NC(=O)[C@H]2CC[C@H](NC=O)CC2)nc1. The van der Waals surface area contributed by atoms with Crippen molar-refractivity contribution in [3.8, 4) is 0 Å². The van der Waals surface area contributed by atoms with E-state index in [0.29, 0.717) is 41.7 Å². The molecule has 0 spiro atoms. The van der Waals surface area contributed by atoms with Crippen LogP contribution in [0.4, 0.5) is 11.5 Å². The molecule has 1 fully saturated rings. The van der Waals surface area contributed by atoms with Crippen LogP contribution in [0.15, 0.2) is 47.0 Å². The number of aromatic nitrogens is 1. The summed E-state index contributed by atoms with van der Waals surface area (Å²) in [6.45, 7) is 1.91. The largest absolute Gasteiger partial charge is 0.449 e. The van der Waals surface area contributed by atoms with Gasteiger partial charge in [0.25, 0.3) is 5.91 Å². The molecule has 1 aliphatic rings. The van der Waals surface area contributed by atoms with Crippen LogP contribution in [0, 0.1) is 12.8 Å². The Morgan fingerprint density at radius 3 is 2.55 bits per heavy atom. The highest BCUT2D eigenvalue weighted by Crippen LogP contribution is 2.33. The number of benzene rings is 1. The van der Waals surface area contributed by atoms with Gasteiger partial charge in [0.05, 0.1) is 0 Å². The molecule has 2 aromatic heterocycles. The van der Waals surface area contributed by atoms with Gasteiger partial charge in [-0.15, -0.1) is 0 Å². The first-order valence-corrected chi connectivity index (χ1v) is 10.3. The Bertz CT molecular complexity index is 1100. The number of amides is 3. The lowest BCUT2D eigenvalue weighted by Gasteiger charge is -2.27. The summed E-state index contributed by atoms with van der Waals surface area (Å²) in [6, 6.07) is 10.9. The Labute approximate surface area is 179 Å². The van der Waals surface area contributed by atoms with Gasteiger partial charge in [-0.2, -0.15) is 0 Å². The van der Waals surface area contributed by atoms with Crippen LogP contribution in [-0.4, -0.2) is 29.3 Å². The minimum atomic E-state index is -0.484. The Hall–Kier alpha value is -3.68. The molecule has 3 N–H and O–H groups in total. The molecule has 0 atom stereocenters. The number of aryl methyl sites for hydroxylation is 1. The zero-order valence-electron chi connectivity index (χ0n) is 17.2. The van der Waals surface area contributed by atoms with Crippen molar-refractivity contribution in [2.75, 3.05) is 10.6 Å². The van der Waals surface area contributed by atoms with Gasteiger partial charge in [0.15, 0.2) is 0 Å². The van der Waals surface area contributed by atoms with Gasteiger partial charge in [-0.05, 0) is 56.4 Å². The second-order valence-corrected chi connectivity index (χ2v) is 7.80. The number of nitrogens with zero attached hydrogens (tertiary/aromatic N) is 1. The van der Waals surface area contributed by atoms with Crippen LogP contribution in [0.2, 0.25) is 0 Å². The Morgan fingerprint density at radius 2 is 1.84 bits per heavy atom. The first-order chi connectivity index (χ1) is 15.0. The summed E-state index contributed by atoms with van der Waals surface area (Å²) >= 11 is 0. The number of hydrogen-bond donors (Lipinski definition) is 3. The molecule has 1 aromatic carbocycles.